The quantitative estimate of drug-likeness (QED) is 0.883. The van der Waals surface area contributed by atoms with Crippen molar-refractivity contribution in [3.8, 4) is 0 Å². The van der Waals surface area contributed by atoms with Crippen molar-refractivity contribution < 1.29 is 9.13 Å². The first-order valence-corrected chi connectivity index (χ1v) is 6.87. The Balaban J connectivity index is 1.79. The minimum absolute atomic E-state index is 0.0792. The molecular weight excluding hydrogens is 253 g/mol. The first kappa shape index (κ1) is 13.8. The molecule has 0 bridgehead atoms. The SMILES string of the molecule is NC(CCCC1CCCO1)c1ccc(F)c(Cl)c1. The van der Waals surface area contributed by atoms with E-state index in [1.54, 1.807) is 12.1 Å². The average Bonchev–Trinajstić information content (AvgIpc) is 2.85. The molecule has 0 aliphatic carbocycles. The molecule has 100 valence electrons. The highest BCUT2D eigenvalue weighted by atomic mass is 35.5. The van der Waals surface area contributed by atoms with Crippen LogP contribution in [0.5, 0.6) is 0 Å². The van der Waals surface area contributed by atoms with Crippen molar-refractivity contribution in [2.75, 3.05) is 6.61 Å². The van der Waals surface area contributed by atoms with Crippen molar-refractivity contribution in [3.63, 3.8) is 0 Å². The number of nitrogens with two attached hydrogens (primary N) is 1. The summed E-state index contributed by atoms with van der Waals surface area (Å²) in [5.41, 5.74) is 6.97. The van der Waals surface area contributed by atoms with Crippen LogP contribution in [0.4, 0.5) is 4.39 Å². The van der Waals surface area contributed by atoms with Crippen molar-refractivity contribution in [1.29, 1.82) is 0 Å². The Morgan fingerprint density at radius 1 is 1.50 bits per heavy atom. The van der Waals surface area contributed by atoms with Gasteiger partial charge in [0.05, 0.1) is 11.1 Å². The molecule has 1 aromatic rings. The van der Waals surface area contributed by atoms with Crippen LogP contribution < -0.4 is 5.73 Å². The Morgan fingerprint density at radius 2 is 2.33 bits per heavy atom. The molecule has 1 fully saturated rings. The van der Waals surface area contributed by atoms with Gasteiger partial charge in [-0.05, 0) is 49.8 Å². The topological polar surface area (TPSA) is 35.2 Å². The van der Waals surface area contributed by atoms with Crippen molar-refractivity contribution in [2.45, 2.75) is 44.2 Å². The lowest BCUT2D eigenvalue weighted by Crippen LogP contribution is -2.12. The largest absolute Gasteiger partial charge is 0.378 e. The fraction of sp³-hybridized carbons (Fsp3) is 0.571. The summed E-state index contributed by atoms with van der Waals surface area (Å²) in [5.74, 6) is -0.396. The molecule has 0 aromatic heterocycles. The average molecular weight is 272 g/mol. The molecule has 2 unspecified atom stereocenters. The van der Waals surface area contributed by atoms with Gasteiger partial charge in [-0.15, -0.1) is 0 Å². The molecule has 2 nitrogen and oxygen atoms in total. The molecule has 18 heavy (non-hydrogen) atoms. The molecule has 4 heteroatoms. The van der Waals surface area contributed by atoms with Gasteiger partial charge in [0.2, 0.25) is 0 Å². The molecule has 2 rings (SSSR count). The lowest BCUT2D eigenvalue weighted by Gasteiger charge is -2.14. The van der Waals surface area contributed by atoms with E-state index >= 15 is 0 Å². The Hall–Kier alpha value is -0.640. The molecule has 0 saturated carbocycles. The molecular formula is C14H19ClFNO. The summed E-state index contributed by atoms with van der Waals surface area (Å²) in [6.07, 6.45) is 5.71. The number of rotatable bonds is 5. The van der Waals surface area contributed by atoms with Gasteiger partial charge >= 0.3 is 0 Å². The zero-order chi connectivity index (χ0) is 13.0. The van der Waals surface area contributed by atoms with Crippen LogP contribution in [0, 0.1) is 5.82 Å². The van der Waals surface area contributed by atoms with Gasteiger partial charge in [-0.1, -0.05) is 17.7 Å². The van der Waals surface area contributed by atoms with Gasteiger partial charge in [-0.2, -0.15) is 0 Å². The minimum Gasteiger partial charge on any atom is -0.378 e. The molecule has 0 amide bonds. The molecule has 2 atom stereocenters. The molecule has 1 aliphatic heterocycles. The van der Waals surface area contributed by atoms with Gasteiger partial charge in [-0.3, -0.25) is 0 Å². The predicted octanol–water partition coefficient (Wildman–Crippen LogP) is 3.83. The van der Waals surface area contributed by atoms with Crippen LogP contribution >= 0.6 is 11.6 Å². The lowest BCUT2D eigenvalue weighted by atomic mass is 10.00. The zero-order valence-electron chi connectivity index (χ0n) is 10.4. The van der Waals surface area contributed by atoms with E-state index in [-0.39, 0.29) is 11.1 Å². The highest BCUT2D eigenvalue weighted by Crippen LogP contribution is 2.24. The van der Waals surface area contributed by atoms with E-state index in [1.807, 2.05) is 0 Å². The van der Waals surface area contributed by atoms with E-state index in [0.29, 0.717) is 6.10 Å². The van der Waals surface area contributed by atoms with Gasteiger partial charge in [-0.25, -0.2) is 4.39 Å². The number of halogens is 2. The predicted molar refractivity (Wildman–Crippen MR) is 71.2 cm³/mol. The van der Waals surface area contributed by atoms with E-state index in [9.17, 15) is 4.39 Å². The van der Waals surface area contributed by atoms with Crippen LogP contribution in [0.3, 0.4) is 0 Å². The maximum atomic E-state index is 13.0. The first-order chi connectivity index (χ1) is 8.66. The third-order valence-corrected chi connectivity index (χ3v) is 3.73. The summed E-state index contributed by atoms with van der Waals surface area (Å²) < 4.78 is 18.6. The van der Waals surface area contributed by atoms with Crippen molar-refractivity contribution >= 4 is 11.6 Å². The molecule has 1 heterocycles. The number of hydrogen-bond donors (Lipinski definition) is 1. The second-order valence-electron chi connectivity index (χ2n) is 4.85. The fourth-order valence-corrected chi connectivity index (χ4v) is 2.54. The highest BCUT2D eigenvalue weighted by molar-refractivity contribution is 6.30. The van der Waals surface area contributed by atoms with Crippen LogP contribution in [-0.2, 0) is 4.74 Å². The molecule has 1 aromatic carbocycles. The smallest absolute Gasteiger partial charge is 0.141 e. The van der Waals surface area contributed by atoms with Crippen molar-refractivity contribution in [2.24, 2.45) is 5.73 Å². The number of benzene rings is 1. The van der Waals surface area contributed by atoms with E-state index in [1.165, 1.54) is 12.5 Å². The van der Waals surface area contributed by atoms with Gasteiger partial charge < -0.3 is 10.5 Å². The highest BCUT2D eigenvalue weighted by Gasteiger charge is 2.16. The molecule has 2 N–H and O–H groups in total. The maximum absolute atomic E-state index is 13.0. The standard InChI is InChI=1S/C14H19ClFNO/c15-12-9-10(6-7-13(12)16)14(17)5-1-3-11-4-2-8-18-11/h6-7,9,11,14H,1-5,8,17H2. The molecule has 0 radical (unpaired) electrons. The van der Waals surface area contributed by atoms with Gasteiger partial charge in [0.15, 0.2) is 0 Å². The second-order valence-corrected chi connectivity index (χ2v) is 5.25. The Labute approximate surface area is 112 Å². The van der Waals surface area contributed by atoms with Crippen LogP contribution in [0.15, 0.2) is 18.2 Å². The first-order valence-electron chi connectivity index (χ1n) is 6.49. The molecule has 1 aliphatic rings. The van der Waals surface area contributed by atoms with Gasteiger partial charge in [0.1, 0.15) is 5.82 Å². The van der Waals surface area contributed by atoms with E-state index < -0.39 is 5.82 Å². The molecule has 1 saturated heterocycles. The molecule has 0 spiro atoms. The zero-order valence-corrected chi connectivity index (χ0v) is 11.1. The maximum Gasteiger partial charge on any atom is 0.141 e. The summed E-state index contributed by atoms with van der Waals surface area (Å²) in [5, 5.41) is 0.141. The third kappa shape index (κ3) is 3.67. The van der Waals surface area contributed by atoms with Crippen molar-refractivity contribution in [1.82, 2.24) is 0 Å². The minimum atomic E-state index is -0.396. The van der Waals surface area contributed by atoms with Gasteiger partial charge in [0, 0.05) is 12.6 Å². The Kier molecular flexibility index (Phi) is 4.98. The summed E-state index contributed by atoms with van der Waals surface area (Å²) in [4.78, 5) is 0. The van der Waals surface area contributed by atoms with Crippen LogP contribution in [0.1, 0.15) is 43.7 Å². The monoisotopic (exact) mass is 271 g/mol. The third-order valence-electron chi connectivity index (χ3n) is 3.44. The van der Waals surface area contributed by atoms with E-state index in [4.69, 9.17) is 22.1 Å². The summed E-state index contributed by atoms with van der Waals surface area (Å²) in [6.45, 7) is 0.893. The van der Waals surface area contributed by atoms with Crippen LogP contribution in [-0.4, -0.2) is 12.7 Å². The second kappa shape index (κ2) is 6.50. The number of hydrogen-bond acceptors (Lipinski definition) is 2. The van der Waals surface area contributed by atoms with Gasteiger partial charge in [0.25, 0.3) is 0 Å². The number of ether oxygens (including phenoxy) is 1. The van der Waals surface area contributed by atoms with Crippen molar-refractivity contribution in [3.05, 3.63) is 34.6 Å². The summed E-state index contributed by atoms with van der Waals surface area (Å²) in [7, 11) is 0. The fourth-order valence-electron chi connectivity index (χ4n) is 2.35. The van der Waals surface area contributed by atoms with Crippen LogP contribution in [0.25, 0.3) is 0 Å². The van der Waals surface area contributed by atoms with E-state index in [0.717, 1.165) is 37.9 Å². The Bertz CT molecular complexity index is 393. The lowest BCUT2D eigenvalue weighted by molar-refractivity contribution is 0.101. The van der Waals surface area contributed by atoms with E-state index in [2.05, 4.69) is 0 Å². The summed E-state index contributed by atoms with van der Waals surface area (Å²) >= 11 is 5.74. The normalized spacial score (nSPS) is 21.2. The summed E-state index contributed by atoms with van der Waals surface area (Å²) in [6, 6.07) is 4.62. The Morgan fingerprint density at radius 3 is 3.00 bits per heavy atom. The van der Waals surface area contributed by atoms with Crippen LogP contribution in [0.2, 0.25) is 5.02 Å².